The van der Waals surface area contributed by atoms with E-state index < -0.39 is 0 Å². The van der Waals surface area contributed by atoms with Gasteiger partial charge in [0.1, 0.15) is 0 Å². The summed E-state index contributed by atoms with van der Waals surface area (Å²) < 4.78 is 0. The van der Waals surface area contributed by atoms with Gasteiger partial charge in [-0.15, -0.1) is 0 Å². The van der Waals surface area contributed by atoms with Gasteiger partial charge >= 0.3 is 0 Å². The van der Waals surface area contributed by atoms with Crippen LogP contribution in [0, 0.1) is 11.8 Å². The van der Waals surface area contributed by atoms with Crippen molar-refractivity contribution in [2.45, 2.75) is 38.5 Å². The second-order valence-corrected chi connectivity index (χ2v) is 17.3. The highest BCUT2D eigenvalue weighted by Crippen LogP contribution is 2.51. The summed E-state index contributed by atoms with van der Waals surface area (Å²) in [6.45, 7) is 2.06. The van der Waals surface area contributed by atoms with Crippen LogP contribution in [0.2, 0.25) is 0 Å². The molecule has 0 fully saturated rings. The average molecular weight is 773 g/mol. The zero-order valence-electron chi connectivity index (χ0n) is 34.0. The van der Waals surface area contributed by atoms with Crippen LogP contribution in [0.15, 0.2) is 193 Å². The van der Waals surface area contributed by atoms with Crippen LogP contribution >= 0.6 is 0 Å². The van der Waals surface area contributed by atoms with Gasteiger partial charge in [0.25, 0.3) is 0 Å². The SMILES string of the molecule is C1=CC2C=CC=C(c3c4cc(N5CCCC6=C5CCC=C6)ccc4c(-c4cc5ccccc5cc4-c4ccccc4)c4cc(N5CCCc6ccccc65)ccc34)C2C=C1. The number of anilines is 3. The number of hydrogen-bond donors (Lipinski definition) is 0. The molecule has 2 aliphatic heterocycles. The van der Waals surface area contributed by atoms with Gasteiger partial charge in [-0.2, -0.15) is 0 Å². The van der Waals surface area contributed by atoms with E-state index in [1.54, 1.807) is 0 Å². The van der Waals surface area contributed by atoms with E-state index in [4.69, 9.17) is 0 Å². The molecule has 0 saturated carbocycles. The van der Waals surface area contributed by atoms with Gasteiger partial charge in [-0.3, -0.25) is 0 Å². The molecule has 0 spiro atoms. The molecule has 7 aromatic carbocycles. The topological polar surface area (TPSA) is 6.48 Å². The molecule has 2 atom stereocenters. The molecule has 0 radical (unpaired) electrons. The minimum atomic E-state index is 0.267. The molecule has 0 aromatic heterocycles. The summed E-state index contributed by atoms with van der Waals surface area (Å²) in [7, 11) is 0. The molecule has 0 N–H and O–H groups in total. The Labute approximate surface area is 353 Å². The summed E-state index contributed by atoms with van der Waals surface area (Å²) in [4.78, 5) is 5.22. The zero-order chi connectivity index (χ0) is 39.6. The van der Waals surface area contributed by atoms with Crippen LogP contribution in [0.4, 0.5) is 17.1 Å². The lowest BCUT2D eigenvalue weighted by Gasteiger charge is -2.35. The Bertz CT molecular complexity index is 3060. The third-order valence-electron chi connectivity index (χ3n) is 13.9. The van der Waals surface area contributed by atoms with Crippen molar-refractivity contribution in [2.75, 3.05) is 22.9 Å². The van der Waals surface area contributed by atoms with Gasteiger partial charge in [0, 0.05) is 47.7 Å². The highest BCUT2D eigenvalue weighted by atomic mass is 15.2. The van der Waals surface area contributed by atoms with Gasteiger partial charge in [-0.05, 0) is 158 Å². The van der Waals surface area contributed by atoms with Crippen LogP contribution in [-0.4, -0.2) is 13.1 Å². The quantitative estimate of drug-likeness (QED) is 0.161. The lowest BCUT2D eigenvalue weighted by atomic mass is 9.74. The van der Waals surface area contributed by atoms with Crippen molar-refractivity contribution in [1.29, 1.82) is 0 Å². The first kappa shape index (κ1) is 35.3. The Morgan fingerprint density at radius 3 is 2.07 bits per heavy atom. The summed E-state index contributed by atoms with van der Waals surface area (Å²) >= 11 is 0. The van der Waals surface area contributed by atoms with E-state index in [9.17, 15) is 0 Å². The number of benzene rings is 7. The van der Waals surface area contributed by atoms with E-state index in [1.165, 1.54) is 112 Å². The van der Waals surface area contributed by atoms with Crippen LogP contribution in [0.3, 0.4) is 0 Å². The number of rotatable bonds is 5. The maximum absolute atomic E-state index is 2.65. The molecule has 2 unspecified atom stereocenters. The minimum Gasteiger partial charge on any atom is -0.345 e. The Morgan fingerprint density at radius 1 is 0.517 bits per heavy atom. The molecule has 60 heavy (non-hydrogen) atoms. The first-order valence-corrected chi connectivity index (χ1v) is 22.1. The van der Waals surface area contributed by atoms with E-state index in [-0.39, 0.29) is 5.92 Å². The molecule has 0 amide bonds. The van der Waals surface area contributed by atoms with Crippen LogP contribution in [0.25, 0.3) is 60.1 Å². The minimum absolute atomic E-state index is 0.267. The fraction of sp³-hybridized carbons (Fsp3) is 0.172. The molecular weight excluding hydrogens is 725 g/mol. The Balaban J connectivity index is 1.21. The molecule has 2 heterocycles. The molecule has 2 nitrogen and oxygen atoms in total. The van der Waals surface area contributed by atoms with Gasteiger partial charge in [-0.1, -0.05) is 140 Å². The van der Waals surface area contributed by atoms with E-state index in [0.717, 1.165) is 38.8 Å². The standard InChI is InChI=1S/C58H48N2/c1-2-15-40(16-3-1)51-35-43-20-4-5-21-44(43)36-52(51)58-50-32-30-45(59-33-13-23-41-18-7-10-27-55(41)59)37-53(50)57(48-26-12-22-39-17-6-9-25-47(39)48)49-31-29-46(38-54(49)58)60-34-14-24-42-19-8-11-28-56(42)60/h1-9,11-12,15-22,25-26,28-32,35-39,47H,10,13-14,23-24,27,33-34H2. The van der Waals surface area contributed by atoms with E-state index in [0.29, 0.717) is 5.92 Å². The summed E-state index contributed by atoms with van der Waals surface area (Å²) in [6.07, 6.45) is 28.0. The number of para-hydroxylation sites is 1. The summed E-state index contributed by atoms with van der Waals surface area (Å²) in [5.41, 5.74) is 16.2. The van der Waals surface area contributed by atoms with Crippen molar-refractivity contribution in [3.8, 4) is 22.3 Å². The number of nitrogens with zero attached hydrogens (tertiary/aromatic N) is 2. The Hall–Kier alpha value is -6.64. The molecule has 290 valence electrons. The van der Waals surface area contributed by atoms with Crippen molar-refractivity contribution < 1.29 is 0 Å². The van der Waals surface area contributed by atoms with Crippen molar-refractivity contribution in [2.24, 2.45) is 11.8 Å². The smallest absolute Gasteiger partial charge is 0.0443 e. The van der Waals surface area contributed by atoms with Crippen LogP contribution in [0.5, 0.6) is 0 Å². The highest BCUT2D eigenvalue weighted by molar-refractivity contribution is 6.22. The van der Waals surface area contributed by atoms with Crippen molar-refractivity contribution in [1.82, 2.24) is 0 Å². The second kappa shape index (κ2) is 14.6. The maximum Gasteiger partial charge on any atom is 0.0443 e. The molecule has 0 saturated heterocycles. The molecule has 12 rings (SSSR count). The molecule has 3 aliphatic carbocycles. The van der Waals surface area contributed by atoms with Crippen LogP contribution in [0.1, 0.15) is 43.2 Å². The first-order valence-electron chi connectivity index (χ1n) is 22.1. The third-order valence-corrected chi connectivity index (χ3v) is 13.9. The van der Waals surface area contributed by atoms with Crippen LogP contribution in [-0.2, 0) is 6.42 Å². The lowest BCUT2D eigenvalue weighted by Crippen LogP contribution is -2.29. The highest BCUT2D eigenvalue weighted by Gasteiger charge is 2.30. The Kier molecular flexibility index (Phi) is 8.58. The molecule has 0 bridgehead atoms. The number of allylic oxidation sites excluding steroid dienone is 12. The van der Waals surface area contributed by atoms with Crippen molar-refractivity contribution in [3.05, 3.63) is 204 Å². The van der Waals surface area contributed by atoms with Gasteiger partial charge < -0.3 is 9.80 Å². The average Bonchev–Trinajstić information content (AvgIpc) is 3.32. The number of aryl methyl sites for hydroxylation is 1. The monoisotopic (exact) mass is 772 g/mol. The summed E-state index contributed by atoms with van der Waals surface area (Å²) in [6, 6.07) is 48.8. The predicted octanol–water partition coefficient (Wildman–Crippen LogP) is 15.1. The van der Waals surface area contributed by atoms with Crippen LogP contribution < -0.4 is 9.80 Å². The third kappa shape index (κ3) is 5.84. The molecule has 2 heteroatoms. The van der Waals surface area contributed by atoms with E-state index in [2.05, 4.69) is 192 Å². The van der Waals surface area contributed by atoms with E-state index in [1.807, 2.05) is 0 Å². The first-order chi connectivity index (χ1) is 29.8. The summed E-state index contributed by atoms with van der Waals surface area (Å²) in [5.74, 6) is 0.601. The lowest BCUT2D eigenvalue weighted by molar-refractivity contribution is 0.679. The number of fused-ring (bicyclic) bond motifs is 5. The molecule has 7 aromatic rings. The van der Waals surface area contributed by atoms with Gasteiger partial charge in [0.15, 0.2) is 0 Å². The zero-order valence-corrected chi connectivity index (χ0v) is 34.0. The second-order valence-electron chi connectivity index (χ2n) is 17.3. The van der Waals surface area contributed by atoms with Crippen molar-refractivity contribution >= 4 is 55.0 Å². The van der Waals surface area contributed by atoms with Gasteiger partial charge in [-0.25, -0.2) is 0 Å². The normalized spacial score (nSPS) is 19.5. The molecular formula is C58H48N2. The van der Waals surface area contributed by atoms with Gasteiger partial charge in [0.2, 0.25) is 0 Å². The van der Waals surface area contributed by atoms with Crippen molar-refractivity contribution in [3.63, 3.8) is 0 Å². The molecule has 5 aliphatic rings. The predicted molar refractivity (Wildman–Crippen MR) is 256 cm³/mol. The van der Waals surface area contributed by atoms with E-state index >= 15 is 0 Å². The Morgan fingerprint density at radius 2 is 1.20 bits per heavy atom. The van der Waals surface area contributed by atoms with Gasteiger partial charge in [0.05, 0.1) is 0 Å². The largest absolute Gasteiger partial charge is 0.345 e. The fourth-order valence-electron chi connectivity index (χ4n) is 11.1. The summed E-state index contributed by atoms with van der Waals surface area (Å²) in [5, 5.41) is 7.79. The fourth-order valence-corrected chi connectivity index (χ4v) is 11.1. The number of hydrogen-bond acceptors (Lipinski definition) is 2. The maximum atomic E-state index is 2.65.